The van der Waals surface area contributed by atoms with Gasteiger partial charge in [-0.3, -0.25) is 19.6 Å². The fourth-order valence-electron chi connectivity index (χ4n) is 4.48. The van der Waals surface area contributed by atoms with Crippen molar-refractivity contribution in [3.8, 4) is 0 Å². The Morgan fingerprint density at radius 3 is 1.51 bits per heavy atom. The summed E-state index contributed by atoms with van der Waals surface area (Å²) in [6.07, 6.45) is 6.51. The molecule has 1 fully saturated rings. The monoisotopic (exact) mass is 494 g/mol. The molecule has 4 aromatic rings. The third kappa shape index (κ3) is 6.54. The summed E-state index contributed by atoms with van der Waals surface area (Å²) in [5.41, 5.74) is 3.20. The van der Waals surface area contributed by atoms with Crippen molar-refractivity contribution < 1.29 is 9.59 Å². The Kier molecular flexibility index (Phi) is 7.44. The Bertz CT molecular complexity index is 1230. The van der Waals surface area contributed by atoms with E-state index in [1.165, 1.54) is 0 Å². The van der Waals surface area contributed by atoms with Crippen molar-refractivity contribution >= 4 is 23.5 Å². The van der Waals surface area contributed by atoms with E-state index < -0.39 is 0 Å². The van der Waals surface area contributed by atoms with Crippen molar-refractivity contribution in [2.75, 3.05) is 10.6 Å². The number of hydrogen-bond donors (Lipinski definition) is 2. The molecule has 0 aromatic carbocycles. The molecule has 0 aliphatic heterocycles. The Hall–Kier alpha value is -4.60. The molecule has 5 rings (SSSR count). The van der Waals surface area contributed by atoms with Gasteiger partial charge in [0.1, 0.15) is 0 Å². The molecule has 2 N–H and O–H groups in total. The molecule has 0 bridgehead atoms. The van der Waals surface area contributed by atoms with Gasteiger partial charge in [0.05, 0.1) is 24.2 Å². The van der Waals surface area contributed by atoms with E-state index in [9.17, 15) is 9.59 Å². The van der Waals surface area contributed by atoms with E-state index in [0.29, 0.717) is 23.0 Å². The number of nitrogens with zero attached hydrogens (tertiary/aromatic N) is 6. The highest BCUT2D eigenvalue weighted by atomic mass is 16.2. The standard InChI is InChI=1S/C27H26N8O2/c36-26(16-20-5-1-3-13-28-20)30-24-11-9-22(32-34-24)18-7-8-19(15-18)23-10-12-25(35-33-23)31-27(37)17-21-6-2-4-14-29-21/h1-6,9-14,18-19H,7-8,15-17H2,(H,30,34,36)(H,31,35,37). The van der Waals surface area contributed by atoms with Crippen LogP contribution in [-0.4, -0.2) is 42.2 Å². The molecular weight excluding hydrogens is 468 g/mol. The predicted molar refractivity (Wildman–Crippen MR) is 137 cm³/mol. The summed E-state index contributed by atoms with van der Waals surface area (Å²) in [7, 11) is 0. The number of hydrogen-bond acceptors (Lipinski definition) is 8. The zero-order valence-electron chi connectivity index (χ0n) is 20.1. The van der Waals surface area contributed by atoms with Crippen LogP contribution in [0.4, 0.5) is 11.6 Å². The van der Waals surface area contributed by atoms with Crippen molar-refractivity contribution in [2.45, 2.75) is 43.9 Å². The summed E-state index contributed by atoms with van der Waals surface area (Å²) < 4.78 is 0. The van der Waals surface area contributed by atoms with E-state index in [1.54, 1.807) is 24.5 Å². The molecule has 186 valence electrons. The molecule has 4 aromatic heterocycles. The Morgan fingerprint density at radius 2 is 1.14 bits per heavy atom. The van der Waals surface area contributed by atoms with Crippen LogP contribution in [0.2, 0.25) is 0 Å². The number of carbonyl (C=O) groups is 2. The van der Waals surface area contributed by atoms with E-state index in [1.807, 2.05) is 48.5 Å². The maximum Gasteiger partial charge on any atom is 0.231 e. The van der Waals surface area contributed by atoms with Gasteiger partial charge in [-0.1, -0.05) is 12.1 Å². The number of rotatable bonds is 8. The first-order valence-electron chi connectivity index (χ1n) is 12.2. The molecule has 2 atom stereocenters. The van der Waals surface area contributed by atoms with Gasteiger partial charge in [0, 0.05) is 35.6 Å². The summed E-state index contributed by atoms with van der Waals surface area (Å²) >= 11 is 0. The highest BCUT2D eigenvalue weighted by molar-refractivity contribution is 5.91. The number of aromatic nitrogens is 6. The smallest absolute Gasteiger partial charge is 0.231 e. The number of amides is 2. The average Bonchev–Trinajstić information content (AvgIpc) is 3.41. The van der Waals surface area contributed by atoms with Crippen LogP contribution < -0.4 is 10.6 Å². The highest BCUT2D eigenvalue weighted by Gasteiger charge is 2.29. The Balaban J connectivity index is 1.12. The van der Waals surface area contributed by atoms with Gasteiger partial charge in [-0.05, 0) is 67.8 Å². The van der Waals surface area contributed by atoms with Crippen molar-refractivity contribution in [3.05, 3.63) is 95.8 Å². The average molecular weight is 495 g/mol. The van der Waals surface area contributed by atoms with Crippen LogP contribution in [-0.2, 0) is 22.4 Å². The summed E-state index contributed by atoms with van der Waals surface area (Å²) in [5.74, 6) is 0.996. The molecule has 10 heteroatoms. The summed E-state index contributed by atoms with van der Waals surface area (Å²) in [4.78, 5) is 32.8. The van der Waals surface area contributed by atoms with Crippen LogP contribution in [0.1, 0.15) is 53.9 Å². The van der Waals surface area contributed by atoms with Crippen LogP contribution in [0.3, 0.4) is 0 Å². The SMILES string of the molecule is O=C(Cc1ccccn1)Nc1ccc(C2CCC(c3ccc(NC(=O)Cc4ccccn4)nn3)C2)nn1. The molecule has 0 spiro atoms. The molecule has 1 aliphatic rings. The number of nitrogens with one attached hydrogen (secondary N) is 2. The third-order valence-corrected chi connectivity index (χ3v) is 6.31. The lowest BCUT2D eigenvalue weighted by atomic mass is 9.99. The molecule has 0 saturated heterocycles. The van der Waals surface area contributed by atoms with Crippen molar-refractivity contribution in [2.24, 2.45) is 0 Å². The van der Waals surface area contributed by atoms with Crippen LogP contribution in [0, 0.1) is 0 Å². The first-order valence-corrected chi connectivity index (χ1v) is 12.2. The van der Waals surface area contributed by atoms with Gasteiger partial charge in [-0.25, -0.2) is 0 Å². The zero-order valence-corrected chi connectivity index (χ0v) is 20.1. The van der Waals surface area contributed by atoms with E-state index in [4.69, 9.17) is 0 Å². The topological polar surface area (TPSA) is 136 Å². The summed E-state index contributed by atoms with van der Waals surface area (Å²) in [5, 5.41) is 22.7. The van der Waals surface area contributed by atoms with Crippen molar-refractivity contribution in [3.63, 3.8) is 0 Å². The fourth-order valence-corrected chi connectivity index (χ4v) is 4.48. The lowest BCUT2D eigenvalue weighted by Gasteiger charge is -2.11. The van der Waals surface area contributed by atoms with Crippen LogP contribution >= 0.6 is 0 Å². The Morgan fingerprint density at radius 1 is 0.649 bits per heavy atom. The van der Waals surface area contributed by atoms with E-state index >= 15 is 0 Å². The lowest BCUT2D eigenvalue weighted by molar-refractivity contribution is -0.116. The largest absolute Gasteiger partial charge is 0.309 e. The maximum atomic E-state index is 12.2. The second-order valence-corrected chi connectivity index (χ2v) is 8.99. The number of anilines is 2. The van der Waals surface area contributed by atoms with Gasteiger partial charge in [0.15, 0.2) is 11.6 Å². The highest BCUT2D eigenvalue weighted by Crippen LogP contribution is 2.42. The first kappa shape index (κ1) is 24.1. The minimum atomic E-state index is -0.184. The molecule has 4 heterocycles. The number of pyridine rings is 2. The van der Waals surface area contributed by atoms with Gasteiger partial charge in [0.2, 0.25) is 11.8 Å². The van der Waals surface area contributed by atoms with Crippen LogP contribution in [0.15, 0.2) is 73.1 Å². The third-order valence-electron chi connectivity index (χ3n) is 6.31. The number of carbonyl (C=O) groups excluding carboxylic acids is 2. The van der Waals surface area contributed by atoms with Gasteiger partial charge >= 0.3 is 0 Å². The minimum Gasteiger partial charge on any atom is -0.309 e. The molecule has 1 saturated carbocycles. The molecule has 10 nitrogen and oxygen atoms in total. The van der Waals surface area contributed by atoms with E-state index in [-0.39, 0.29) is 36.5 Å². The van der Waals surface area contributed by atoms with Crippen LogP contribution in [0.5, 0.6) is 0 Å². The van der Waals surface area contributed by atoms with Crippen LogP contribution in [0.25, 0.3) is 0 Å². The van der Waals surface area contributed by atoms with Gasteiger partial charge in [-0.15, -0.1) is 10.2 Å². The summed E-state index contributed by atoms with van der Waals surface area (Å²) in [6.45, 7) is 0. The molecule has 1 aliphatic carbocycles. The molecule has 2 amide bonds. The zero-order chi connectivity index (χ0) is 25.5. The first-order chi connectivity index (χ1) is 18.1. The summed E-state index contributed by atoms with van der Waals surface area (Å²) in [6, 6.07) is 18.3. The quantitative estimate of drug-likeness (QED) is 0.380. The lowest BCUT2D eigenvalue weighted by Crippen LogP contribution is -2.16. The predicted octanol–water partition coefficient (Wildman–Crippen LogP) is 3.47. The van der Waals surface area contributed by atoms with Crippen molar-refractivity contribution in [1.29, 1.82) is 0 Å². The fraction of sp³-hybridized carbons (Fsp3) is 0.259. The Labute approximate surface area is 214 Å². The molecule has 0 radical (unpaired) electrons. The van der Waals surface area contributed by atoms with E-state index in [0.717, 1.165) is 30.7 Å². The maximum absolute atomic E-state index is 12.2. The minimum absolute atomic E-state index is 0.183. The van der Waals surface area contributed by atoms with E-state index in [2.05, 4.69) is 41.0 Å². The van der Waals surface area contributed by atoms with Gasteiger partial charge in [0.25, 0.3) is 0 Å². The van der Waals surface area contributed by atoms with Crippen molar-refractivity contribution in [1.82, 2.24) is 30.4 Å². The molecule has 37 heavy (non-hydrogen) atoms. The molecule has 2 unspecified atom stereocenters. The van der Waals surface area contributed by atoms with Gasteiger partial charge < -0.3 is 10.6 Å². The normalized spacial score (nSPS) is 16.8. The second-order valence-electron chi connectivity index (χ2n) is 8.99. The van der Waals surface area contributed by atoms with Gasteiger partial charge in [-0.2, -0.15) is 10.2 Å². The second kappa shape index (κ2) is 11.4. The molecular formula is C27H26N8O2.